The molecule has 0 bridgehead atoms. The van der Waals surface area contributed by atoms with Crippen LogP contribution in [0.5, 0.6) is 0 Å². The lowest BCUT2D eigenvalue weighted by Gasteiger charge is -2.28. The normalized spacial score (nSPS) is 10.0. The molecule has 0 spiro atoms. The topological polar surface area (TPSA) is 81.7 Å². The van der Waals surface area contributed by atoms with E-state index in [4.69, 9.17) is 0 Å². The molecule has 0 aliphatic rings. The summed E-state index contributed by atoms with van der Waals surface area (Å²) in [7, 11) is -2.82. The average molecular weight is 166 g/mol. The summed E-state index contributed by atoms with van der Waals surface area (Å²) in [6.45, 7) is 1.09. The van der Waals surface area contributed by atoms with E-state index in [1.807, 2.05) is 0 Å². The first-order valence-electron chi connectivity index (χ1n) is 2.53. The van der Waals surface area contributed by atoms with Gasteiger partial charge in [-0.3, -0.25) is 4.79 Å². The molecule has 0 atom stereocenters. The van der Waals surface area contributed by atoms with E-state index in [1.165, 1.54) is 6.92 Å². The molecule has 10 heavy (non-hydrogen) atoms. The van der Waals surface area contributed by atoms with Gasteiger partial charge in [-0.1, -0.05) is 0 Å². The Balaban J connectivity index is 2.98. The molecule has 0 fully saturated rings. The first-order valence-corrected chi connectivity index (χ1v) is 3.63. The van der Waals surface area contributed by atoms with Crippen LogP contribution < -0.4 is 9.79 Å². The summed E-state index contributed by atoms with van der Waals surface area (Å²) < 4.78 is 8.43. The quantitative estimate of drug-likeness (QED) is 0.289. The molecule has 0 aromatic rings. The molecule has 0 radical (unpaired) electrons. The van der Waals surface area contributed by atoms with E-state index in [-0.39, 0.29) is 13.2 Å². The van der Waals surface area contributed by atoms with Crippen LogP contribution in [-0.2, 0) is 14.1 Å². The van der Waals surface area contributed by atoms with Crippen molar-refractivity contribution in [2.24, 2.45) is 0 Å². The molecule has 5 nitrogen and oxygen atoms in total. The molecule has 0 amide bonds. The van der Waals surface area contributed by atoms with Crippen molar-refractivity contribution in [1.29, 1.82) is 0 Å². The molecule has 0 aromatic heterocycles. The van der Waals surface area contributed by atoms with Crippen LogP contribution in [0.3, 0.4) is 0 Å². The second-order valence-electron chi connectivity index (χ2n) is 1.40. The summed E-state index contributed by atoms with van der Waals surface area (Å²) in [6.07, 6.45) is 0. The molecular weight excluding hydrogens is 159 g/mol. The number of carbonyl (C=O) groups excluding carboxylic acids is 1. The zero-order valence-corrected chi connectivity index (χ0v) is 6.30. The highest BCUT2D eigenvalue weighted by atomic mass is 31.2. The number of ether oxygens (including phenoxy) is 1. The first kappa shape index (κ1) is 9.78. The Morgan fingerprint density at radius 3 is 2.50 bits per heavy atom. The Hall–Kier alpha value is -0.220. The van der Waals surface area contributed by atoms with Gasteiger partial charge < -0.3 is 19.0 Å². The summed E-state index contributed by atoms with van der Waals surface area (Å²) >= 11 is 0. The van der Waals surface area contributed by atoms with Gasteiger partial charge in [-0.05, 0) is 0 Å². The van der Waals surface area contributed by atoms with Gasteiger partial charge in [0.05, 0.1) is 6.61 Å². The minimum absolute atomic E-state index is 0.0291. The van der Waals surface area contributed by atoms with E-state index in [0.29, 0.717) is 0 Å². The van der Waals surface area contributed by atoms with Gasteiger partial charge >= 0.3 is 5.97 Å². The lowest BCUT2D eigenvalue weighted by molar-refractivity contribution is -0.318. The zero-order chi connectivity index (χ0) is 7.98. The van der Waals surface area contributed by atoms with E-state index < -0.39 is 14.6 Å². The molecule has 0 saturated carbocycles. The molecule has 0 unspecified atom stereocenters. The van der Waals surface area contributed by atoms with E-state index >= 15 is 0 Å². The molecule has 60 valence electrons. The van der Waals surface area contributed by atoms with Crippen LogP contribution in [0, 0.1) is 0 Å². The van der Waals surface area contributed by atoms with E-state index in [0.717, 1.165) is 0 Å². The zero-order valence-electron chi connectivity index (χ0n) is 5.40. The maximum Gasteiger partial charge on any atom is 0.302 e. The SMILES string of the molecule is CC(=O)OCCOP([O-])[O-]. The van der Waals surface area contributed by atoms with Gasteiger partial charge in [-0.2, -0.15) is 8.60 Å². The lowest BCUT2D eigenvalue weighted by Crippen LogP contribution is -2.14. The molecule has 0 aromatic carbocycles. The second kappa shape index (κ2) is 5.56. The van der Waals surface area contributed by atoms with Crippen molar-refractivity contribution < 1.29 is 23.8 Å². The largest absolute Gasteiger partial charge is 0.820 e. The van der Waals surface area contributed by atoms with Gasteiger partial charge in [0.25, 0.3) is 0 Å². The molecular formula is C4H7O5P-2. The Labute approximate surface area is 59.6 Å². The minimum Gasteiger partial charge on any atom is -0.820 e. The molecule has 0 rings (SSSR count). The van der Waals surface area contributed by atoms with Gasteiger partial charge in [-0.25, -0.2) is 0 Å². The van der Waals surface area contributed by atoms with Crippen LogP contribution in [0.1, 0.15) is 6.92 Å². The molecule has 0 saturated heterocycles. The van der Waals surface area contributed by atoms with Crippen molar-refractivity contribution in [1.82, 2.24) is 0 Å². The number of carbonyl (C=O) groups is 1. The summed E-state index contributed by atoms with van der Waals surface area (Å²) in [5.74, 6) is -0.454. The maximum absolute atomic E-state index is 10.1. The lowest BCUT2D eigenvalue weighted by atomic mass is 10.7. The van der Waals surface area contributed by atoms with Gasteiger partial charge in [0.2, 0.25) is 0 Å². The smallest absolute Gasteiger partial charge is 0.302 e. The number of esters is 1. The fraction of sp³-hybridized carbons (Fsp3) is 0.750. The van der Waals surface area contributed by atoms with Crippen molar-refractivity contribution in [3.63, 3.8) is 0 Å². The molecule has 0 N–H and O–H groups in total. The predicted molar refractivity (Wildman–Crippen MR) is 29.5 cm³/mol. The van der Waals surface area contributed by atoms with Crippen LogP contribution in [0.25, 0.3) is 0 Å². The van der Waals surface area contributed by atoms with Gasteiger partial charge in [-0.15, -0.1) is 0 Å². The molecule has 0 heterocycles. The summed E-state index contributed by atoms with van der Waals surface area (Å²) in [4.78, 5) is 29.5. The first-order chi connectivity index (χ1) is 4.63. The second-order valence-corrected chi connectivity index (χ2v) is 2.10. The predicted octanol–water partition coefficient (Wildman–Crippen LogP) is -1.49. The van der Waals surface area contributed by atoms with Crippen molar-refractivity contribution in [3.8, 4) is 0 Å². The van der Waals surface area contributed by atoms with Gasteiger partial charge in [0.1, 0.15) is 6.61 Å². The highest BCUT2D eigenvalue weighted by molar-refractivity contribution is 7.36. The van der Waals surface area contributed by atoms with Crippen LogP contribution >= 0.6 is 8.60 Å². The molecule has 0 aliphatic carbocycles. The van der Waals surface area contributed by atoms with Crippen LogP contribution in [-0.4, -0.2) is 19.2 Å². The summed E-state index contributed by atoms with van der Waals surface area (Å²) in [5.41, 5.74) is 0. The standard InChI is InChI=1S/C4H7O5P/c1-4(5)8-2-3-9-10(6)7/h2-3H2,1H3/q-2. The van der Waals surface area contributed by atoms with Crippen molar-refractivity contribution >= 4 is 14.6 Å². The number of rotatable bonds is 4. The van der Waals surface area contributed by atoms with E-state index in [2.05, 4.69) is 9.26 Å². The fourth-order valence-electron chi connectivity index (χ4n) is 0.297. The van der Waals surface area contributed by atoms with Crippen LogP contribution in [0.2, 0.25) is 0 Å². The Morgan fingerprint density at radius 1 is 1.50 bits per heavy atom. The van der Waals surface area contributed by atoms with Crippen molar-refractivity contribution in [2.75, 3.05) is 13.2 Å². The Kier molecular flexibility index (Phi) is 5.43. The third kappa shape index (κ3) is 7.78. The molecule has 6 heteroatoms. The monoisotopic (exact) mass is 166 g/mol. The third-order valence-corrected chi connectivity index (χ3v) is 0.979. The highest BCUT2D eigenvalue weighted by Crippen LogP contribution is 2.10. The minimum atomic E-state index is -2.82. The van der Waals surface area contributed by atoms with Crippen LogP contribution in [0.15, 0.2) is 0 Å². The van der Waals surface area contributed by atoms with E-state index in [1.54, 1.807) is 0 Å². The third-order valence-electron chi connectivity index (χ3n) is 0.585. The van der Waals surface area contributed by atoms with Crippen molar-refractivity contribution in [2.45, 2.75) is 6.92 Å². The van der Waals surface area contributed by atoms with Gasteiger partial charge in [0.15, 0.2) is 0 Å². The fourth-order valence-corrected chi connectivity index (χ4v) is 0.521. The summed E-state index contributed by atoms with van der Waals surface area (Å²) in [6, 6.07) is 0. The Morgan fingerprint density at radius 2 is 2.10 bits per heavy atom. The average Bonchev–Trinajstić information content (AvgIpc) is 1.79. The van der Waals surface area contributed by atoms with Crippen LogP contribution in [0.4, 0.5) is 0 Å². The summed E-state index contributed by atoms with van der Waals surface area (Å²) in [5, 5.41) is 0. The Bertz CT molecular complexity index is 104. The van der Waals surface area contributed by atoms with Crippen molar-refractivity contribution in [3.05, 3.63) is 0 Å². The highest BCUT2D eigenvalue weighted by Gasteiger charge is 1.89. The number of hydrogen-bond acceptors (Lipinski definition) is 5. The number of hydrogen-bond donors (Lipinski definition) is 0. The van der Waals surface area contributed by atoms with Gasteiger partial charge in [0, 0.05) is 6.92 Å². The maximum atomic E-state index is 10.1. The van der Waals surface area contributed by atoms with E-state index in [9.17, 15) is 14.6 Å². The molecule has 0 aliphatic heterocycles.